The summed E-state index contributed by atoms with van der Waals surface area (Å²) < 4.78 is 0. The predicted octanol–water partition coefficient (Wildman–Crippen LogP) is 4.47. The highest BCUT2D eigenvalue weighted by Crippen LogP contribution is 2.29. The number of nitrogens with one attached hydrogen (secondary N) is 1. The van der Waals surface area contributed by atoms with Crippen LogP contribution < -0.4 is 10.2 Å². The van der Waals surface area contributed by atoms with Crippen LogP contribution in [-0.2, 0) is 6.42 Å². The van der Waals surface area contributed by atoms with E-state index in [1.54, 1.807) is 11.3 Å². The van der Waals surface area contributed by atoms with Gasteiger partial charge in [-0.1, -0.05) is 24.3 Å². The van der Waals surface area contributed by atoms with E-state index in [0.29, 0.717) is 12.1 Å². The molecule has 0 saturated carbocycles. The lowest BCUT2D eigenvalue weighted by molar-refractivity contribution is 0.0954. The fourth-order valence-electron chi connectivity index (χ4n) is 2.96. The summed E-state index contributed by atoms with van der Waals surface area (Å²) in [6, 6.07) is 16.2. The number of rotatable bonds is 6. The van der Waals surface area contributed by atoms with Crippen LogP contribution in [-0.4, -0.2) is 31.5 Å². The number of hydrogen-bond donors (Lipinski definition) is 1. The Morgan fingerprint density at radius 1 is 1.04 bits per heavy atom. The number of carbonyl (C=O) groups is 1. The Kier molecular flexibility index (Phi) is 5.91. The average molecular weight is 380 g/mol. The first-order chi connectivity index (χ1) is 12.9. The van der Waals surface area contributed by atoms with Crippen molar-refractivity contribution >= 4 is 22.9 Å². The summed E-state index contributed by atoms with van der Waals surface area (Å²) in [4.78, 5) is 20.1. The number of carbonyl (C=O) groups excluding carboxylic acids is 1. The molecule has 0 aliphatic heterocycles. The van der Waals surface area contributed by atoms with Gasteiger partial charge in [0.2, 0.25) is 0 Å². The number of hydrogen-bond acceptors (Lipinski definition) is 4. The maximum Gasteiger partial charge on any atom is 0.251 e. The molecule has 27 heavy (non-hydrogen) atoms. The molecule has 4 nitrogen and oxygen atoms in total. The van der Waals surface area contributed by atoms with Gasteiger partial charge in [-0.15, -0.1) is 11.3 Å². The third kappa shape index (κ3) is 4.74. The highest BCUT2D eigenvalue weighted by Gasteiger charge is 2.09. The quantitative estimate of drug-likeness (QED) is 0.687. The van der Waals surface area contributed by atoms with E-state index in [-0.39, 0.29) is 5.91 Å². The standard InChI is InChI=1S/C22H25N3OS/c1-15-21(27-16(2)24-15)18-7-9-19(10-8-18)22(26)23-14-13-17-5-11-20(12-6-17)25(3)4/h5-12H,13-14H2,1-4H3,(H,23,26). The molecule has 1 N–H and O–H groups in total. The molecule has 0 bridgehead atoms. The lowest BCUT2D eigenvalue weighted by Gasteiger charge is -2.12. The number of aromatic nitrogens is 1. The van der Waals surface area contributed by atoms with Crippen molar-refractivity contribution in [2.24, 2.45) is 0 Å². The number of benzene rings is 2. The Hall–Kier alpha value is -2.66. The number of nitrogens with zero attached hydrogens (tertiary/aromatic N) is 2. The van der Waals surface area contributed by atoms with Crippen molar-refractivity contribution in [1.82, 2.24) is 10.3 Å². The summed E-state index contributed by atoms with van der Waals surface area (Å²) in [5, 5.41) is 4.06. The SMILES string of the molecule is Cc1nc(C)c(-c2ccc(C(=O)NCCc3ccc(N(C)C)cc3)cc2)s1. The summed E-state index contributed by atoms with van der Waals surface area (Å²) in [6.07, 6.45) is 0.816. The summed E-state index contributed by atoms with van der Waals surface area (Å²) in [5.41, 5.74) is 5.22. The summed E-state index contributed by atoms with van der Waals surface area (Å²) >= 11 is 1.68. The fourth-order valence-corrected chi connectivity index (χ4v) is 3.88. The molecule has 1 aromatic heterocycles. The normalized spacial score (nSPS) is 10.7. The molecule has 1 amide bonds. The second kappa shape index (κ2) is 8.35. The van der Waals surface area contributed by atoms with Crippen molar-refractivity contribution < 1.29 is 4.79 Å². The van der Waals surface area contributed by atoms with Gasteiger partial charge in [0.05, 0.1) is 15.6 Å². The van der Waals surface area contributed by atoms with Gasteiger partial charge in [0.15, 0.2) is 0 Å². The minimum atomic E-state index is -0.0383. The van der Waals surface area contributed by atoms with E-state index in [1.807, 2.05) is 52.2 Å². The second-order valence-corrected chi connectivity index (χ2v) is 7.99. The number of aryl methyl sites for hydroxylation is 2. The zero-order valence-electron chi connectivity index (χ0n) is 16.2. The molecule has 0 unspecified atom stereocenters. The molecule has 0 saturated heterocycles. The van der Waals surface area contributed by atoms with E-state index in [9.17, 15) is 4.79 Å². The van der Waals surface area contributed by atoms with Gasteiger partial charge in [0.1, 0.15) is 0 Å². The van der Waals surface area contributed by atoms with Gasteiger partial charge in [-0.05, 0) is 55.7 Å². The number of amides is 1. The van der Waals surface area contributed by atoms with Gasteiger partial charge >= 0.3 is 0 Å². The molecule has 0 radical (unpaired) electrons. The summed E-state index contributed by atoms with van der Waals surface area (Å²) in [5.74, 6) is -0.0383. The molecule has 3 rings (SSSR count). The molecule has 2 aromatic carbocycles. The van der Waals surface area contributed by atoms with Crippen molar-refractivity contribution in [2.45, 2.75) is 20.3 Å². The zero-order valence-corrected chi connectivity index (χ0v) is 17.1. The zero-order chi connectivity index (χ0) is 19.4. The molecule has 1 heterocycles. The second-order valence-electron chi connectivity index (χ2n) is 6.79. The Morgan fingerprint density at radius 2 is 1.70 bits per heavy atom. The van der Waals surface area contributed by atoms with Crippen LogP contribution in [0.3, 0.4) is 0 Å². The Bertz CT molecular complexity index is 912. The molecule has 5 heteroatoms. The van der Waals surface area contributed by atoms with Gasteiger partial charge in [-0.3, -0.25) is 4.79 Å². The monoisotopic (exact) mass is 379 g/mol. The van der Waals surface area contributed by atoms with E-state index in [2.05, 4.69) is 39.5 Å². The minimum Gasteiger partial charge on any atom is -0.378 e. The molecule has 140 valence electrons. The van der Waals surface area contributed by atoms with Crippen molar-refractivity contribution in [3.63, 3.8) is 0 Å². The van der Waals surface area contributed by atoms with Crippen molar-refractivity contribution in [3.05, 3.63) is 70.4 Å². The Morgan fingerprint density at radius 3 is 2.26 bits per heavy atom. The molecule has 0 aliphatic rings. The van der Waals surface area contributed by atoms with Crippen LogP contribution in [0.25, 0.3) is 10.4 Å². The topological polar surface area (TPSA) is 45.2 Å². The van der Waals surface area contributed by atoms with Crippen LogP contribution in [0.1, 0.15) is 26.6 Å². The van der Waals surface area contributed by atoms with Crippen molar-refractivity contribution in [3.8, 4) is 10.4 Å². The van der Waals surface area contributed by atoms with E-state index in [0.717, 1.165) is 22.7 Å². The molecule has 3 aromatic rings. The van der Waals surface area contributed by atoms with Gasteiger partial charge < -0.3 is 10.2 Å². The van der Waals surface area contributed by atoms with Crippen molar-refractivity contribution in [2.75, 3.05) is 25.5 Å². The number of thiazole rings is 1. The van der Waals surface area contributed by atoms with Gasteiger partial charge in [0.25, 0.3) is 5.91 Å². The lowest BCUT2D eigenvalue weighted by Crippen LogP contribution is -2.25. The number of anilines is 1. The molecular formula is C22H25N3OS. The average Bonchev–Trinajstić information content (AvgIpc) is 3.00. The Labute approximate surface area is 164 Å². The molecule has 0 spiro atoms. The van der Waals surface area contributed by atoms with Gasteiger partial charge in [0, 0.05) is 31.9 Å². The van der Waals surface area contributed by atoms with Gasteiger partial charge in [-0.25, -0.2) is 4.98 Å². The van der Waals surface area contributed by atoms with E-state index < -0.39 is 0 Å². The fraction of sp³-hybridized carbons (Fsp3) is 0.273. The van der Waals surface area contributed by atoms with E-state index >= 15 is 0 Å². The van der Waals surface area contributed by atoms with Crippen LogP contribution >= 0.6 is 11.3 Å². The molecule has 0 fully saturated rings. The molecular weight excluding hydrogens is 354 g/mol. The van der Waals surface area contributed by atoms with Gasteiger partial charge in [-0.2, -0.15) is 0 Å². The maximum atomic E-state index is 12.4. The third-order valence-corrected chi connectivity index (χ3v) is 5.59. The van der Waals surface area contributed by atoms with Crippen LogP contribution in [0.4, 0.5) is 5.69 Å². The van der Waals surface area contributed by atoms with Crippen molar-refractivity contribution in [1.29, 1.82) is 0 Å². The largest absolute Gasteiger partial charge is 0.378 e. The van der Waals surface area contributed by atoms with Crippen LogP contribution in [0, 0.1) is 13.8 Å². The molecule has 0 aliphatic carbocycles. The molecule has 0 atom stereocenters. The van der Waals surface area contributed by atoms with Crippen LogP contribution in [0.5, 0.6) is 0 Å². The summed E-state index contributed by atoms with van der Waals surface area (Å²) in [7, 11) is 4.05. The van der Waals surface area contributed by atoms with Crippen LogP contribution in [0.2, 0.25) is 0 Å². The minimum absolute atomic E-state index is 0.0383. The Balaban J connectivity index is 1.56. The maximum absolute atomic E-state index is 12.4. The smallest absolute Gasteiger partial charge is 0.251 e. The highest BCUT2D eigenvalue weighted by atomic mass is 32.1. The third-order valence-electron chi connectivity index (χ3n) is 4.46. The highest BCUT2D eigenvalue weighted by molar-refractivity contribution is 7.15. The van der Waals surface area contributed by atoms with Crippen LogP contribution in [0.15, 0.2) is 48.5 Å². The predicted molar refractivity (Wildman–Crippen MR) is 114 cm³/mol. The lowest BCUT2D eigenvalue weighted by atomic mass is 10.1. The van der Waals surface area contributed by atoms with E-state index in [1.165, 1.54) is 16.1 Å². The first kappa shape index (κ1) is 19.1. The first-order valence-electron chi connectivity index (χ1n) is 9.03. The van der Waals surface area contributed by atoms with E-state index in [4.69, 9.17) is 0 Å². The summed E-state index contributed by atoms with van der Waals surface area (Å²) in [6.45, 7) is 4.65. The first-order valence-corrected chi connectivity index (χ1v) is 9.84.